The van der Waals surface area contributed by atoms with Crippen LogP contribution in [0.5, 0.6) is 0 Å². The zero-order chi connectivity index (χ0) is 9.84. The molecule has 1 aliphatic rings. The van der Waals surface area contributed by atoms with Crippen molar-refractivity contribution < 1.29 is 9.59 Å². The van der Waals surface area contributed by atoms with Gasteiger partial charge >= 0.3 is 6.03 Å². The number of urea groups is 1. The summed E-state index contributed by atoms with van der Waals surface area (Å²) < 4.78 is 0. The summed E-state index contributed by atoms with van der Waals surface area (Å²) in [6.45, 7) is 0.515. The van der Waals surface area contributed by atoms with Crippen LogP contribution in [0.3, 0.4) is 0 Å². The van der Waals surface area contributed by atoms with Crippen molar-refractivity contribution in [3.8, 4) is 6.07 Å². The molecule has 0 N–H and O–H groups in total. The minimum absolute atomic E-state index is 0.158. The standard InChI is InChI=1S/C8H11N3O2/c1-10-6-7(12)11(8(10)13)5-3-2-4-9/h2-3,5-6H2,1H3. The molecule has 1 saturated heterocycles. The number of unbranched alkanes of at least 4 members (excludes halogenated alkanes) is 1. The normalized spacial score (nSPS) is 16.6. The molecule has 0 aromatic heterocycles. The van der Waals surface area contributed by atoms with Gasteiger partial charge in [0.25, 0.3) is 0 Å². The lowest BCUT2D eigenvalue weighted by Crippen LogP contribution is -2.32. The number of amides is 3. The molecule has 1 heterocycles. The second-order valence-corrected chi connectivity index (χ2v) is 2.95. The third kappa shape index (κ3) is 1.96. The van der Waals surface area contributed by atoms with E-state index in [1.807, 2.05) is 6.07 Å². The highest BCUT2D eigenvalue weighted by Crippen LogP contribution is 2.08. The molecule has 1 aliphatic heterocycles. The number of rotatable bonds is 3. The molecule has 13 heavy (non-hydrogen) atoms. The average Bonchev–Trinajstić information content (AvgIpc) is 2.32. The number of hydrogen-bond donors (Lipinski definition) is 0. The molecule has 0 aromatic rings. The number of carbonyl (C=O) groups is 2. The van der Waals surface area contributed by atoms with Gasteiger partial charge in [-0.1, -0.05) is 0 Å². The Balaban J connectivity index is 2.46. The van der Waals surface area contributed by atoms with Crippen LogP contribution >= 0.6 is 0 Å². The summed E-state index contributed by atoms with van der Waals surface area (Å²) in [5, 5.41) is 8.28. The average molecular weight is 181 g/mol. The maximum Gasteiger partial charge on any atom is 0.326 e. The van der Waals surface area contributed by atoms with Crippen molar-refractivity contribution in [2.75, 3.05) is 20.1 Å². The fourth-order valence-corrected chi connectivity index (χ4v) is 1.21. The number of hydrogen-bond acceptors (Lipinski definition) is 3. The van der Waals surface area contributed by atoms with Gasteiger partial charge in [0.15, 0.2) is 0 Å². The van der Waals surface area contributed by atoms with Gasteiger partial charge in [0, 0.05) is 20.0 Å². The number of nitriles is 1. The topological polar surface area (TPSA) is 64.4 Å². The van der Waals surface area contributed by atoms with Crippen LogP contribution in [-0.4, -0.2) is 41.9 Å². The van der Waals surface area contributed by atoms with Crippen molar-refractivity contribution >= 4 is 11.9 Å². The molecule has 3 amide bonds. The number of nitrogens with zero attached hydrogens (tertiary/aromatic N) is 3. The Kier molecular flexibility index (Phi) is 2.85. The Morgan fingerprint density at radius 3 is 2.69 bits per heavy atom. The molecular formula is C8H11N3O2. The van der Waals surface area contributed by atoms with Crippen LogP contribution in [0.15, 0.2) is 0 Å². The Labute approximate surface area is 76.5 Å². The molecule has 5 heteroatoms. The molecule has 1 fully saturated rings. The highest BCUT2D eigenvalue weighted by Gasteiger charge is 2.32. The first kappa shape index (κ1) is 9.52. The van der Waals surface area contributed by atoms with Gasteiger partial charge < -0.3 is 4.90 Å². The van der Waals surface area contributed by atoms with Gasteiger partial charge in [0.1, 0.15) is 6.54 Å². The van der Waals surface area contributed by atoms with Gasteiger partial charge in [-0.05, 0) is 6.42 Å². The first-order chi connectivity index (χ1) is 6.16. The SMILES string of the molecule is CN1CC(=O)N(CCCC#N)C1=O. The van der Waals surface area contributed by atoms with Crippen LogP contribution < -0.4 is 0 Å². The van der Waals surface area contributed by atoms with E-state index in [0.29, 0.717) is 19.4 Å². The van der Waals surface area contributed by atoms with E-state index in [2.05, 4.69) is 0 Å². The van der Waals surface area contributed by atoms with E-state index in [-0.39, 0.29) is 18.5 Å². The van der Waals surface area contributed by atoms with E-state index in [1.54, 1.807) is 7.05 Å². The third-order valence-corrected chi connectivity index (χ3v) is 1.90. The second-order valence-electron chi connectivity index (χ2n) is 2.95. The highest BCUT2D eigenvalue weighted by atomic mass is 16.2. The van der Waals surface area contributed by atoms with Gasteiger partial charge in [-0.15, -0.1) is 0 Å². The van der Waals surface area contributed by atoms with Gasteiger partial charge in [-0.2, -0.15) is 5.26 Å². The second kappa shape index (κ2) is 3.90. The van der Waals surface area contributed by atoms with E-state index in [4.69, 9.17) is 5.26 Å². The van der Waals surface area contributed by atoms with E-state index in [9.17, 15) is 9.59 Å². The largest absolute Gasteiger partial charge is 0.326 e. The quantitative estimate of drug-likeness (QED) is 0.461. The molecule has 0 saturated carbocycles. The van der Waals surface area contributed by atoms with Gasteiger partial charge in [0.05, 0.1) is 6.07 Å². The van der Waals surface area contributed by atoms with Crippen LogP contribution in [0.25, 0.3) is 0 Å². The van der Waals surface area contributed by atoms with Crippen molar-refractivity contribution in [2.24, 2.45) is 0 Å². The van der Waals surface area contributed by atoms with Crippen LogP contribution in [0.2, 0.25) is 0 Å². The molecule has 1 rings (SSSR count). The molecule has 0 bridgehead atoms. The molecule has 70 valence electrons. The maximum absolute atomic E-state index is 11.3. The molecule has 0 aliphatic carbocycles. The van der Waals surface area contributed by atoms with Crippen LogP contribution in [-0.2, 0) is 4.79 Å². The summed E-state index contributed by atoms with van der Waals surface area (Å²) in [5.74, 6) is -0.176. The van der Waals surface area contributed by atoms with Crippen molar-refractivity contribution in [1.29, 1.82) is 5.26 Å². The van der Waals surface area contributed by atoms with Crippen molar-refractivity contribution in [3.05, 3.63) is 0 Å². The fraction of sp³-hybridized carbons (Fsp3) is 0.625. The van der Waals surface area contributed by atoms with Crippen molar-refractivity contribution in [2.45, 2.75) is 12.8 Å². The lowest BCUT2D eigenvalue weighted by molar-refractivity contribution is -0.125. The minimum atomic E-state index is -0.261. The zero-order valence-electron chi connectivity index (χ0n) is 7.49. The summed E-state index contributed by atoms with van der Waals surface area (Å²) in [4.78, 5) is 25.0. The predicted molar refractivity (Wildman–Crippen MR) is 44.6 cm³/mol. The molecule has 0 unspecified atom stereocenters. The molecule has 0 aromatic carbocycles. The first-order valence-corrected chi connectivity index (χ1v) is 4.09. The number of imide groups is 1. The summed E-state index contributed by atoms with van der Waals surface area (Å²) >= 11 is 0. The van der Waals surface area contributed by atoms with Gasteiger partial charge in [-0.25, -0.2) is 4.79 Å². The number of likely N-dealkylation sites (N-methyl/N-ethyl adjacent to an activating group) is 1. The third-order valence-electron chi connectivity index (χ3n) is 1.90. The van der Waals surface area contributed by atoms with Gasteiger partial charge in [-0.3, -0.25) is 9.69 Å². The highest BCUT2D eigenvalue weighted by molar-refractivity contribution is 6.01. The summed E-state index contributed by atoms with van der Waals surface area (Å²) in [6.07, 6.45) is 0.933. The maximum atomic E-state index is 11.3. The Morgan fingerprint density at radius 2 is 2.23 bits per heavy atom. The molecule has 0 atom stereocenters. The van der Waals surface area contributed by atoms with E-state index < -0.39 is 0 Å². The van der Waals surface area contributed by atoms with Crippen LogP contribution in [0, 0.1) is 11.3 Å². The van der Waals surface area contributed by atoms with Crippen LogP contribution in [0.1, 0.15) is 12.8 Å². The Hall–Kier alpha value is -1.57. The molecular weight excluding hydrogens is 170 g/mol. The zero-order valence-corrected chi connectivity index (χ0v) is 7.49. The Morgan fingerprint density at radius 1 is 1.54 bits per heavy atom. The molecule has 0 radical (unpaired) electrons. The minimum Gasteiger partial charge on any atom is -0.318 e. The van der Waals surface area contributed by atoms with E-state index >= 15 is 0 Å². The summed E-state index contributed by atoms with van der Waals surface area (Å²) in [7, 11) is 1.59. The monoisotopic (exact) mass is 181 g/mol. The van der Waals surface area contributed by atoms with Crippen molar-refractivity contribution in [1.82, 2.24) is 9.80 Å². The lowest BCUT2D eigenvalue weighted by atomic mass is 10.3. The fourth-order valence-electron chi connectivity index (χ4n) is 1.21. The molecule has 0 spiro atoms. The predicted octanol–water partition coefficient (Wildman–Crippen LogP) is 0.184. The van der Waals surface area contributed by atoms with Crippen molar-refractivity contribution in [3.63, 3.8) is 0 Å². The van der Waals surface area contributed by atoms with Gasteiger partial charge in [0.2, 0.25) is 5.91 Å². The molecule has 5 nitrogen and oxygen atoms in total. The smallest absolute Gasteiger partial charge is 0.318 e. The van der Waals surface area contributed by atoms with E-state index in [1.165, 1.54) is 9.80 Å². The summed E-state index contributed by atoms with van der Waals surface area (Å²) in [5.41, 5.74) is 0. The van der Waals surface area contributed by atoms with Crippen LogP contribution in [0.4, 0.5) is 4.79 Å². The lowest BCUT2D eigenvalue weighted by Gasteiger charge is -2.12. The van der Waals surface area contributed by atoms with E-state index in [0.717, 1.165) is 0 Å². The Bertz CT molecular complexity index is 269. The number of carbonyl (C=O) groups excluding carboxylic acids is 2. The summed E-state index contributed by atoms with van der Waals surface area (Å²) in [6, 6.07) is 1.71. The first-order valence-electron chi connectivity index (χ1n) is 4.09.